The summed E-state index contributed by atoms with van der Waals surface area (Å²) >= 11 is 0. The van der Waals surface area contributed by atoms with Crippen LogP contribution < -0.4 is 9.64 Å². The Labute approximate surface area is 143 Å². The third kappa shape index (κ3) is 4.46. The van der Waals surface area contributed by atoms with E-state index in [0.717, 1.165) is 37.5 Å². The van der Waals surface area contributed by atoms with Crippen LogP contribution in [-0.2, 0) is 0 Å². The lowest BCUT2D eigenvalue weighted by Gasteiger charge is -2.36. The molecule has 1 unspecified atom stereocenters. The number of anilines is 1. The number of piperazine rings is 1. The van der Waals surface area contributed by atoms with E-state index < -0.39 is 6.10 Å². The van der Waals surface area contributed by atoms with Gasteiger partial charge in [0.15, 0.2) is 0 Å². The minimum atomic E-state index is -0.475. The van der Waals surface area contributed by atoms with Crippen LogP contribution in [0.3, 0.4) is 0 Å². The van der Waals surface area contributed by atoms with Crippen LogP contribution in [0.15, 0.2) is 48.8 Å². The smallest absolute Gasteiger partial charge is 0.122 e. The summed E-state index contributed by atoms with van der Waals surface area (Å²) in [4.78, 5) is 8.71. The van der Waals surface area contributed by atoms with E-state index in [-0.39, 0.29) is 0 Å². The number of hydrogen-bond donors (Lipinski definition) is 1. The number of para-hydroxylation sites is 1. The number of aromatic nitrogens is 1. The minimum absolute atomic E-state index is 0.329. The summed E-state index contributed by atoms with van der Waals surface area (Å²) in [7, 11) is 0. The molecular weight excluding hydrogens is 302 g/mol. The van der Waals surface area contributed by atoms with Crippen molar-refractivity contribution < 1.29 is 9.84 Å². The third-order valence-electron chi connectivity index (χ3n) is 4.39. The van der Waals surface area contributed by atoms with Gasteiger partial charge < -0.3 is 14.7 Å². The molecule has 0 amide bonds. The van der Waals surface area contributed by atoms with Crippen molar-refractivity contribution in [3.8, 4) is 5.75 Å². The van der Waals surface area contributed by atoms with Gasteiger partial charge in [-0.3, -0.25) is 9.88 Å². The van der Waals surface area contributed by atoms with Gasteiger partial charge in [0.2, 0.25) is 0 Å². The number of pyridine rings is 1. The summed E-state index contributed by atoms with van der Waals surface area (Å²) in [6, 6.07) is 12.0. The first-order chi connectivity index (χ1) is 11.7. The number of hydrogen-bond acceptors (Lipinski definition) is 5. The monoisotopic (exact) mass is 327 g/mol. The Morgan fingerprint density at radius 3 is 2.50 bits per heavy atom. The predicted molar refractivity (Wildman–Crippen MR) is 95.6 cm³/mol. The molecule has 0 bridgehead atoms. The lowest BCUT2D eigenvalue weighted by Crippen LogP contribution is -2.49. The Morgan fingerprint density at radius 2 is 1.79 bits per heavy atom. The summed E-state index contributed by atoms with van der Waals surface area (Å²) in [5.41, 5.74) is 2.31. The van der Waals surface area contributed by atoms with E-state index in [1.807, 2.05) is 55.7 Å². The molecule has 1 aromatic heterocycles. The summed E-state index contributed by atoms with van der Waals surface area (Å²) in [5, 5.41) is 10.2. The van der Waals surface area contributed by atoms with Gasteiger partial charge in [0.1, 0.15) is 18.5 Å². The van der Waals surface area contributed by atoms with Crippen LogP contribution in [0.1, 0.15) is 5.56 Å². The van der Waals surface area contributed by atoms with Crippen molar-refractivity contribution in [1.29, 1.82) is 0 Å². The Morgan fingerprint density at radius 1 is 1.08 bits per heavy atom. The van der Waals surface area contributed by atoms with Crippen LogP contribution in [0.5, 0.6) is 5.75 Å². The molecule has 5 heteroatoms. The Kier molecular flexibility index (Phi) is 5.67. The maximum atomic E-state index is 10.2. The van der Waals surface area contributed by atoms with Gasteiger partial charge in [-0.1, -0.05) is 18.2 Å². The summed E-state index contributed by atoms with van der Waals surface area (Å²) in [6.07, 6.45) is 3.18. The fourth-order valence-corrected chi connectivity index (χ4v) is 3.00. The van der Waals surface area contributed by atoms with E-state index in [1.54, 1.807) is 0 Å². The second kappa shape index (κ2) is 8.13. The Hall–Kier alpha value is -2.11. The average Bonchev–Trinajstić information content (AvgIpc) is 2.62. The van der Waals surface area contributed by atoms with Crippen molar-refractivity contribution in [2.45, 2.75) is 13.0 Å². The number of aryl methyl sites for hydroxylation is 1. The highest BCUT2D eigenvalue weighted by atomic mass is 16.5. The molecule has 0 aliphatic carbocycles. The zero-order valence-electron chi connectivity index (χ0n) is 14.1. The lowest BCUT2D eigenvalue weighted by atomic mass is 10.2. The molecule has 1 N–H and O–H groups in total. The molecule has 3 rings (SSSR count). The molecule has 1 saturated heterocycles. The number of aliphatic hydroxyl groups excluding tert-OH is 1. The topological polar surface area (TPSA) is 48.8 Å². The average molecular weight is 327 g/mol. The quantitative estimate of drug-likeness (QED) is 0.879. The molecule has 24 heavy (non-hydrogen) atoms. The van der Waals surface area contributed by atoms with Crippen LogP contribution in [0.2, 0.25) is 0 Å². The number of ether oxygens (including phenoxy) is 1. The van der Waals surface area contributed by atoms with E-state index in [1.165, 1.54) is 5.69 Å². The van der Waals surface area contributed by atoms with E-state index >= 15 is 0 Å². The fraction of sp³-hybridized carbons (Fsp3) is 0.421. The van der Waals surface area contributed by atoms with Crippen molar-refractivity contribution in [3.63, 3.8) is 0 Å². The van der Waals surface area contributed by atoms with Gasteiger partial charge in [-0.05, 0) is 30.7 Å². The summed E-state index contributed by atoms with van der Waals surface area (Å²) in [5.74, 6) is 0.846. The molecule has 1 aliphatic rings. The first-order valence-corrected chi connectivity index (χ1v) is 8.46. The predicted octanol–water partition coefficient (Wildman–Crippen LogP) is 1.95. The van der Waals surface area contributed by atoms with Gasteiger partial charge in [0.25, 0.3) is 0 Å². The molecular formula is C19H25N3O2. The highest BCUT2D eigenvalue weighted by Gasteiger charge is 2.19. The molecule has 128 valence electrons. The van der Waals surface area contributed by atoms with Crippen molar-refractivity contribution in [1.82, 2.24) is 9.88 Å². The number of β-amino-alcohol motifs (C(OH)–C–C–N with tert-alkyl or cyclic N) is 1. The minimum Gasteiger partial charge on any atom is -0.491 e. The highest BCUT2D eigenvalue weighted by Crippen LogP contribution is 2.17. The lowest BCUT2D eigenvalue weighted by molar-refractivity contribution is 0.0661. The van der Waals surface area contributed by atoms with E-state index in [2.05, 4.69) is 14.8 Å². The van der Waals surface area contributed by atoms with Gasteiger partial charge in [0.05, 0.1) is 0 Å². The molecule has 2 aromatic rings. The molecule has 0 saturated carbocycles. The Bertz CT molecular complexity index is 628. The largest absolute Gasteiger partial charge is 0.491 e. The SMILES string of the molecule is Cc1ccccc1OCC(O)CN1CCN(c2ccncc2)CC1. The van der Waals surface area contributed by atoms with Gasteiger partial charge in [-0.15, -0.1) is 0 Å². The molecule has 1 atom stereocenters. The van der Waals surface area contributed by atoms with E-state index in [4.69, 9.17) is 4.74 Å². The van der Waals surface area contributed by atoms with Crippen LogP contribution in [0.25, 0.3) is 0 Å². The van der Waals surface area contributed by atoms with Gasteiger partial charge in [-0.25, -0.2) is 0 Å². The summed E-state index contributed by atoms with van der Waals surface area (Å²) < 4.78 is 5.74. The number of rotatable bonds is 6. The van der Waals surface area contributed by atoms with Crippen LogP contribution in [0, 0.1) is 6.92 Å². The van der Waals surface area contributed by atoms with Crippen molar-refractivity contribution >= 4 is 5.69 Å². The first kappa shape index (κ1) is 16.7. The fourth-order valence-electron chi connectivity index (χ4n) is 3.00. The van der Waals surface area contributed by atoms with Crippen molar-refractivity contribution in [3.05, 3.63) is 54.4 Å². The molecule has 5 nitrogen and oxygen atoms in total. The van der Waals surface area contributed by atoms with Crippen molar-refractivity contribution in [2.75, 3.05) is 44.2 Å². The Balaban J connectivity index is 1.42. The second-order valence-electron chi connectivity index (χ2n) is 6.22. The summed E-state index contributed by atoms with van der Waals surface area (Å²) in [6.45, 7) is 6.82. The molecule has 2 heterocycles. The normalized spacial score (nSPS) is 16.8. The number of nitrogens with zero attached hydrogens (tertiary/aromatic N) is 3. The molecule has 1 aromatic carbocycles. The maximum Gasteiger partial charge on any atom is 0.122 e. The molecule has 0 radical (unpaired) electrons. The van der Waals surface area contributed by atoms with Crippen LogP contribution in [-0.4, -0.2) is 60.4 Å². The first-order valence-electron chi connectivity index (χ1n) is 8.46. The number of aliphatic hydroxyl groups is 1. The second-order valence-corrected chi connectivity index (χ2v) is 6.22. The third-order valence-corrected chi connectivity index (χ3v) is 4.39. The van der Waals surface area contributed by atoms with Crippen molar-refractivity contribution in [2.24, 2.45) is 0 Å². The highest BCUT2D eigenvalue weighted by molar-refractivity contribution is 5.44. The molecule has 1 fully saturated rings. The van der Waals surface area contributed by atoms with Gasteiger partial charge in [0, 0.05) is 50.8 Å². The standard InChI is InChI=1S/C19H25N3O2/c1-16-4-2-3-5-19(16)24-15-18(23)14-21-10-12-22(13-11-21)17-6-8-20-9-7-17/h2-9,18,23H,10-15H2,1H3. The van der Waals surface area contributed by atoms with Gasteiger partial charge >= 0.3 is 0 Å². The molecule has 0 spiro atoms. The zero-order chi connectivity index (χ0) is 16.8. The number of benzene rings is 1. The molecule has 1 aliphatic heterocycles. The van der Waals surface area contributed by atoms with E-state index in [0.29, 0.717) is 13.2 Å². The maximum absolute atomic E-state index is 10.2. The van der Waals surface area contributed by atoms with Crippen LogP contribution >= 0.6 is 0 Å². The van der Waals surface area contributed by atoms with Crippen LogP contribution in [0.4, 0.5) is 5.69 Å². The zero-order valence-corrected chi connectivity index (χ0v) is 14.1. The van der Waals surface area contributed by atoms with E-state index in [9.17, 15) is 5.11 Å². The van der Waals surface area contributed by atoms with Gasteiger partial charge in [-0.2, -0.15) is 0 Å².